The molecule has 0 saturated heterocycles. The quantitative estimate of drug-likeness (QED) is 0.418. The van der Waals surface area contributed by atoms with Gasteiger partial charge in [0.15, 0.2) is 0 Å². The molecule has 0 saturated carbocycles. The molecule has 31 heavy (non-hydrogen) atoms. The lowest BCUT2D eigenvalue weighted by atomic mass is 10.0. The average molecular weight is 461 g/mol. The standard InChI is InChI=1S/C22H22Cl2N4O3/c23-17-10-14(11-26-21(17)24)12-28-18-13-27(19(29)5-1-2-6-20(30)31)9-7-15(18)16-4-3-8-25-22(16)28/h3-4,8,10-11H,1-2,5-7,9,12-13H2,(H,30,31). The minimum absolute atomic E-state index is 0.0528. The van der Waals surface area contributed by atoms with Crippen molar-refractivity contribution in [3.8, 4) is 0 Å². The van der Waals surface area contributed by atoms with Crippen LogP contribution >= 0.6 is 23.2 Å². The molecule has 3 aromatic rings. The maximum atomic E-state index is 12.7. The molecule has 4 heterocycles. The monoisotopic (exact) mass is 460 g/mol. The number of carboxylic acid groups (broad SMARTS) is 1. The summed E-state index contributed by atoms with van der Waals surface area (Å²) >= 11 is 12.1. The third-order valence-electron chi connectivity index (χ3n) is 5.59. The molecule has 3 aromatic heterocycles. The molecule has 0 radical (unpaired) electrons. The highest BCUT2D eigenvalue weighted by Crippen LogP contribution is 2.31. The smallest absolute Gasteiger partial charge is 0.303 e. The second kappa shape index (κ2) is 9.24. The van der Waals surface area contributed by atoms with Crippen molar-refractivity contribution in [3.05, 3.63) is 57.6 Å². The van der Waals surface area contributed by atoms with Crippen LogP contribution in [0.3, 0.4) is 0 Å². The molecule has 0 aliphatic carbocycles. The Morgan fingerprint density at radius 1 is 1.16 bits per heavy atom. The van der Waals surface area contributed by atoms with E-state index in [9.17, 15) is 9.59 Å². The van der Waals surface area contributed by atoms with Gasteiger partial charge in [-0.15, -0.1) is 0 Å². The lowest BCUT2D eigenvalue weighted by Gasteiger charge is -2.28. The first-order valence-electron chi connectivity index (χ1n) is 10.2. The van der Waals surface area contributed by atoms with Gasteiger partial charge in [-0.25, -0.2) is 9.97 Å². The molecule has 0 aromatic carbocycles. The number of aliphatic carboxylic acids is 1. The molecule has 162 valence electrons. The van der Waals surface area contributed by atoms with E-state index < -0.39 is 5.97 Å². The van der Waals surface area contributed by atoms with Crippen molar-refractivity contribution in [3.63, 3.8) is 0 Å². The van der Waals surface area contributed by atoms with Crippen molar-refractivity contribution >= 4 is 46.1 Å². The summed E-state index contributed by atoms with van der Waals surface area (Å²) in [5, 5.41) is 10.5. The van der Waals surface area contributed by atoms with Crippen LogP contribution < -0.4 is 0 Å². The highest BCUT2D eigenvalue weighted by molar-refractivity contribution is 6.41. The first-order chi connectivity index (χ1) is 14.9. The van der Waals surface area contributed by atoms with Crippen LogP contribution in [0.2, 0.25) is 10.2 Å². The Labute approximate surface area is 189 Å². The first kappa shape index (κ1) is 21.6. The molecular formula is C22H22Cl2N4O3. The minimum Gasteiger partial charge on any atom is -0.481 e. The van der Waals surface area contributed by atoms with Crippen LogP contribution in [0.25, 0.3) is 11.0 Å². The maximum Gasteiger partial charge on any atom is 0.303 e. The lowest BCUT2D eigenvalue weighted by molar-refractivity contribution is -0.137. The number of fused-ring (bicyclic) bond motifs is 3. The van der Waals surface area contributed by atoms with Gasteiger partial charge in [0.05, 0.1) is 18.1 Å². The Bertz CT molecular complexity index is 1150. The number of rotatable bonds is 7. The van der Waals surface area contributed by atoms with E-state index in [1.807, 2.05) is 11.0 Å². The molecule has 1 N–H and O–H groups in total. The van der Waals surface area contributed by atoms with E-state index in [0.29, 0.717) is 43.9 Å². The van der Waals surface area contributed by atoms with Crippen molar-refractivity contribution in [1.29, 1.82) is 0 Å². The number of carbonyl (C=O) groups excluding carboxylic acids is 1. The molecule has 9 heteroatoms. The first-order valence-corrected chi connectivity index (χ1v) is 10.9. The number of aromatic nitrogens is 3. The summed E-state index contributed by atoms with van der Waals surface area (Å²) in [6.07, 6.45) is 5.76. The Kier molecular flexibility index (Phi) is 6.43. The summed E-state index contributed by atoms with van der Waals surface area (Å²) < 4.78 is 2.12. The molecule has 0 unspecified atom stereocenters. The number of carboxylic acids is 1. The number of halogens is 2. The molecule has 1 aliphatic heterocycles. The van der Waals surface area contributed by atoms with Gasteiger partial charge >= 0.3 is 5.97 Å². The summed E-state index contributed by atoms with van der Waals surface area (Å²) in [6.45, 7) is 1.67. The summed E-state index contributed by atoms with van der Waals surface area (Å²) in [7, 11) is 0. The van der Waals surface area contributed by atoms with Crippen LogP contribution in [0.4, 0.5) is 0 Å². The second-order valence-corrected chi connectivity index (χ2v) is 8.43. The van der Waals surface area contributed by atoms with Gasteiger partial charge in [-0.2, -0.15) is 0 Å². The third-order valence-corrected chi connectivity index (χ3v) is 6.28. The van der Waals surface area contributed by atoms with E-state index in [0.717, 1.165) is 28.7 Å². The van der Waals surface area contributed by atoms with Crippen LogP contribution in [0.5, 0.6) is 0 Å². The highest BCUT2D eigenvalue weighted by Gasteiger charge is 2.27. The number of unbranched alkanes of at least 4 members (excludes halogenated alkanes) is 1. The van der Waals surface area contributed by atoms with Gasteiger partial charge in [0.25, 0.3) is 0 Å². The number of carbonyl (C=O) groups is 2. The Balaban J connectivity index is 1.59. The predicted octanol–water partition coefficient (Wildman–Crippen LogP) is 4.32. The van der Waals surface area contributed by atoms with Crippen LogP contribution in [-0.4, -0.2) is 43.0 Å². The summed E-state index contributed by atoms with van der Waals surface area (Å²) in [5.41, 5.74) is 4.04. The van der Waals surface area contributed by atoms with Crippen molar-refractivity contribution < 1.29 is 14.7 Å². The Morgan fingerprint density at radius 3 is 2.74 bits per heavy atom. The molecule has 1 amide bonds. The molecule has 0 fully saturated rings. The van der Waals surface area contributed by atoms with Crippen molar-refractivity contribution in [2.24, 2.45) is 0 Å². The largest absolute Gasteiger partial charge is 0.481 e. The number of hydrogen-bond donors (Lipinski definition) is 1. The average Bonchev–Trinajstić information content (AvgIpc) is 3.07. The van der Waals surface area contributed by atoms with Gasteiger partial charge in [-0.05, 0) is 48.6 Å². The molecular weight excluding hydrogens is 439 g/mol. The molecule has 1 aliphatic rings. The van der Waals surface area contributed by atoms with Gasteiger partial charge in [0, 0.05) is 42.9 Å². The van der Waals surface area contributed by atoms with E-state index >= 15 is 0 Å². The van der Waals surface area contributed by atoms with E-state index in [-0.39, 0.29) is 17.5 Å². The van der Waals surface area contributed by atoms with Gasteiger partial charge in [-0.3, -0.25) is 9.59 Å². The van der Waals surface area contributed by atoms with Crippen LogP contribution in [0.15, 0.2) is 30.6 Å². The van der Waals surface area contributed by atoms with Crippen molar-refractivity contribution in [2.45, 2.75) is 45.2 Å². The van der Waals surface area contributed by atoms with Crippen LogP contribution in [0, 0.1) is 0 Å². The molecule has 7 nitrogen and oxygen atoms in total. The molecule has 0 atom stereocenters. The van der Waals surface area contributed by atoms with Crippen LogP contribution in [0.1, 0.15) is 42.5 Å². The maximum absolute atomic E-state index is 12.7. The molecule has 0 bridgehead atoms. The predicted molar refractivity (Wildman–Crippen MR) is 118 cm³/mol. The zero-order chi connectivity index (χ0) is 22.0. The van der Waals surface area contributed by atoms with Crippen LogP contribution in [-0.2, 0) is 29.1 Å². The molecule has 4 rings (SSSR count). The summed E-state index contributed by atoms with van der Waals surface area (Å²) in [6, 6.07) is 5.79. The van der Waals surface area contributed by atoms with Gasteiger partial charge in [0.1, 0.15) is 10.8 Å². The summed E-state index contributed by atoms with van der Waals surface area (Å²) in [5.74, 6) is -0.777. The topological polar surface area (TPSA) is 88.3 Å². The fourth-order valence-corrected chi connectivity index (χ4v) is 4.38. The Morgan fingerprint density at radius 2 is 1.97 bits per heavy atom. The number of nitrogens with zero attached hydrogens (tertiary/aromatic N) is 4. The second-order valence-electron chi connectivity index (χ2n) is 7.67. The summed E-state index contributed by atoms with van der Waals surface area (Å²) in [4.78, 5) is 34.0. The molecule has 0 spiro atoms. The number of hydrogen-bond acceptors (Lipinski definition) is 4. The number of pyridine rings is 2. The zero-order valence-corrected chi connectivity index (χ0v) is 18.4. The van der Waals surface area contributed by atoms with Gasteiger partial charge in [-0.1, -0.05) is 23.2 Å². The zero-order valence-electron chi connectivity index (χ0n) is 16.9. The highest BCUT2D eigenvalue weighted by atomic mass is 35.5. The minimum atomic E-state index is -0.830. The van der Waals surface area contributed by atoms with E-state index in [1.54, 1.807) is 18.5 Å². The third kappa shape index (κ3) is 4.67. The normalized spacial score (nSPS) is 13.4. The van der Waals surface area contributed by atoms with Gasteiger partial charge < -0.3 is 14.6 Å². The number of amides is 1. The van der Waals surface area contributed by atoms with Crippen molar-refractivity contribution in [1.82, 2.24) is 19.4 Å². The fraction of sp³-hybridized carbons (Fsp3) is 0.364. The SMILES string of the molecule is O=C(O)CCCCC(=O)N1CCc2c(n(Cc3cnc(Cl)c(Cl)c3)c3ncccc23)C1. The van der Waals surface area contributed by atoms with Crippen molar-refractivity contribution in [2.75, 3.05) is 6.54 Å². The lowest BCUT2D eigenvalue weighted by Crippen LogP contribution is -2.36. The van der Waals surface area contributed by atoms with Gasteiger partial charge in [0.2, 0.25) is 5.91 Å². The fourth-order valence-electron chi connectivity index (χ4n) is 4.08. The van der Waals surface area contributed by atoms with E-state index in [4.69, 9.17) is 28.3 Å². The van der Waals surface area contributed by atoms with E-state index in [1.165, 1.54) is 5.56 Å². The van der Waals surface area contributed by atoms with E-state index in [2.05, 4.69) is 20.6 Å². The Hall–Kier alpha value is -2.64.